The summed E-state index contributed by atoms with van der Waals surface area (Å²) >= 11 is 0. The molecular weight excluding hydrogens is 284 g/mol. The van der Waals surface area contributed by atoms with E-state index in [1.165, 1.54) is 30.4 Å². The van der Waals surface area contributed by atoms with Crippen LogP contribution in [-0.4, -0.2) is 25.5 Å². The van der Waals surface area contributed by atoms with E-state index in [0.29, 0.717) is 5.91 Å². The summed E-state index contributed by atoms with van der Waals surface area (Å²) in [7, 11) is 0. The highest BCUT2D eigenvalue weighted by Gasteiger charge is 2.28. The predicted octanol–water partition coefficient (Wildman–Crippen LogP) is 3.55. The SMILES string of the molecule is CCC(CC)C(=O)N1CCc2cc(CC3CCNCC3)ccc21. The van der Waals surface area contributed by atoms with Crippen molar-refractivity contribution in [2.75, 3.05) is 24.5 Å². The number of nitrogens with one attached hydrogen (secondary N) is 1. The first-order chi connectivity index (χ1) is 11.2. The van der Waals surface area contributed by atoms with Crippen LogP contribution in [-0.2, 0) is 17.6 Å². The zero-order valence-corrected chi connectivity index (χ0v) is 14.6. The van der Waals surface area contributed by atoms with Crippen LogP contribution in [0.5, 0.6) is 0 Å². The minimum absolute atomic E-state index is 0.176. The van der Waals surface area contributed by atoms with E-state index in [1.807, 2.05) is 4.90 Å². The zero-order valence-electron chi connectivity index (χ0n) is 14.6. The first kappa shape index (κ1) is 16.5. The molecule has 1 aromatic carbocycles. The third-order valence-corrected chi connectivity index (χ3v) is 5.62. The number of hydrogen-bond acceptors (Lipinski definition) is 2. The van der Waals surface area contributed by atoms with Gasteiger partial charge >= 0.3 is 0 Å². The van der Waals surface area contributed by atoms with E-state index in [4.69, 9.17) is 0 Å². The lowest BCUT2D eigenvalue weighted by atomic mass is 9.90. The number of hydrogen-bond donors (Lipinski definition) is 1. The second-order valence-electron chi connectivity index (χ2n) is 7.11. The molecule has 1 saturated heterocycles. The van der Waals surface area contributed by atoms with E-state index >= 15 is 0 Å². The Balaban J connectivity index is 1.71. The number of carbonyl (C=O) groups excluding carboxylic acids is 1. The Morgan fingerprint density at radius 1 is 1.26 bits per heavy atom. The Bertz CT molecular complexity index is 545. The summed E-state index contributed by atoms with van der Waals surface area (Å²) < 4.78 is 0. The molecule has 0 radical (unpaired) electrons. The van der Waals surface area contributed by atoms with E-state index in [2.05, 4.69) is 37.4 Å². The topological polar surface area (TPSA) is 32.3 Å². The van der Waals surface area contributed by atoms with Gasteiger partial charge in [-0.05, 0) is 74.7 Å². The van der Waals surface area contributed by atoms with Crippen LogP contribution < -0.4 is 10.2 Å². The molecule has 2 aliphatic heterocycles. The average molecular weight is 314 g/mol. The third-order valence-electron chi connectivity index (χ3n) is 5.62. The molecule has 2 heterocycles. The highest BCUT2D eigenvalue weighted by molar-refractivity contribution is 5.97. The number of piperidine rings is 1. The van der Waals surface area contributed by atoms with Crippen molar-refractivity contribution in [1.29, 1.82) is 0 Å². The Morgan fingerprint density at radius 3 is 2.70 bits per heavy atom. The maximum atomic E-state index is 12.7. The van der Waals surface area contributed by atoms with Crippen molar-refractivity contribution in [1.82, 2.24) is 5.32 Å². The molecule has 0 saturated carbocycles. The summed E-state index contributed by atoms with van der Waals surface area (Å²) in [5.41, 5.74) is 3.99. The molecule has 0 unspecified atom stereocenters. The Kier molecular flexibility index (Phi) is 5.37. The van der Waals surface area contributed by atoms with Crippen molar-refractivity contribution in [2.45, 2.75) is 52.4 Å². The van der Waals surface area contributed by atoms with E-state index in [1.54, 1.807) is 0 Å². The van der Waals surface area contributed by atoms with Gasteiger partial charge in [-0.1, -0.05) is 26.0 Å². The first-order valence-corrected chi connectivity index (χ1v) is 9.36. The molecule has 1 aromatic rings. The lowest BCUT2D eigenvalue weighted by Crippen LogP contribution is -2.34. The minimum atomic E-state index is 0.176. The predicted molar refractivity (Wildman–Crippen MR) is 95.9 cm³/mol. The fourth-order valence-corrected chi connectivity index (χ4v) is 4.09. The molecule has 3 heteroatoms. The molecular formula is C20H30N2O. The molecule has 0 atom stereocenters. The largest absolute Gasteiger partial charge is 0.317 e. The van der Waals surface area contributed by atoms with Crippen molar-refractivity contribution in [3.05, 3.63) is 29.3 Å². The molecule has 3 rings (SSSR count). The van der Waals surface area contributed by atoms with Crippen LogP contribution >= 0.6 is 0 Å². The number of amides is 1. The molecule has 2 aliphatic rings. The summed E-state index contributed by atoms with van der Waals surface area (Å²) in [6.45, 7) is 7.42. The second-order valence-corrected chi connectivity index (χ2v) is 7.11. The lowest BCUT2D eigenvalue weighted by Gasteiger charge is -2.24. The molecule has 0 spiro atoms. The van der Waals surface area contributed by atoms with Gasteiger partial charge in [-0.15, -0.1) is 0 Å². The van der Waals surface area contributed by atoms with Crippen molar-refractivity contribution in [3.8, 4) is 0 Å². The maximum absolute atomic E-state index is 12.7. The van der Waals surface area contributed by atoms with Crippen molar-refractivity contribution >= 4 is 11.6 Å². The smallest absolute Gasteiger partial charge is 0.230 e. The molecule has 1 fully saturated rings. The maximum Gasteiger partial charge on any atom is 0.230 e. The molecule has 1 amide bonds. The number of anilines is 1. The monoisotopic (exact) mass is 314 g/mol. The average Bonchev–Trinajstić information content (AvgIpc) is 3.00. The summed E-state index contributed by atoms with van der Waals surface area (Å²) in [6, 6.07) is 6.80. The van der Waals surface area contributed by atoms with Crippen LogP contribution in [0, 0.1) is 11.8 Å². The Labute approximate surface area is 140 Å². The van der Waals surface area contributed by atoms with Gasteiger partial charge in [-0.2, -0.15) is 0 Å². The van der Waals surface area contributed by atoms with Crippen LogP contribution in [0.25, 0.3) is 0 Å². The first-order valence-electron chi connectivity index (χ1n) is 9.36. The minimum Gasteiger partial charge on any atom is -0.317 e. The lowest BCUT2D eigenvalue weighted by molar-refractivity contribution is -0.122. The number of nitrogens with zero attached hydrogens (tertiary/aromatic N) is 1. The Morgan fingerprint density at radius 2 is 2.00 bits per heavy atom. The standard InChI is InChI=1S/C20H30N2O/c1-3-17(4-2)20(23)22-12-9-18-14-16(5-6-19(18)22)13-15-7-10-21-11-8-15/h5-6,14-15,17,21H,3-4,7-13H2,1-2H3. The van der Waals surface area contributed by atoms with Crippen LogP contribution in [0.1, 0.15) is 50.7 Å². The quantitative estimate of drug-likeness (QED) is 0.901. The van der Waals surface area contributed by atoms with Crippen LogP contribution in [0.3, 0.4) is 0 Å². The number of rotatable bonds is 5. The normalized spacial score (nSPS) is 18.5. The van der Waals surface area contributed by atoms with Gasteiger partial charge in [0, 0.05) is 18.2 Å². The van der Waals surface area contributed by atoms with E-state index in [0.717, 1.165) is 50.5 Å². The van der Waals surface area contributed by atoms with Gasteiger partial charge in [0.1, 0.15) is 0 Å². The van der Waals surface area contributed by atoms with Crippen LogP contribution in [0.4, 0.5) is 5.69 Å². The zero-order chi connectivity index (χ0) is 16.2. The van der Waals surface area contributed by atoms with Gasteiger partial charge < -0.3 is 10.2 Å². The second kappa shape index (κ2) is 7.48. The summed E-state index contributed by atoms with van der Waals surface area (Å²) in [5, 5.41) is 3.44. The number of fused-ring (bicyclic) bond motifs is 1. The highest BCUT2D eigenvalue weighted by atomic mass is 16.2. The molecule has 0 aromatic heterocycles. The fraction of sp³-hybridized carbons (Fsp3) is 0.650. The molecule has 3 nitrogen and oxygen atoms in total. The van der Waals surface area contributed by atoms with Gasteiger partial charge in [-0.3, -0.25) is 4.79 Å². The van der Waals surface area contributed by atoms with E-state index in [-0.39, 0.29) is 5.92 Å². The molecule has 23 heavy (non-hydrogen) atoms. The van der Waals surface area contributed by atoms with Gasteiger partial charge in [0.2, 0.25) is 5.91 Å². The molecule has 0 aliphatic carbocycles. The molecule has 126 valence electrons. The summed E-state index contributed by atoms with van der Waals surface area (Å²) in [5.74, 6) is 1.31. The summed E-state index contributed by atoms with van der Waals surface area (Å²) in [4.78, 5) is 14.7. The third kappa shape index (κ3) is 3.60. The van der Waals surface area contributed by atoms with Gasteiger partial charge in [0.05, 0.1) is 0 Å². The van der Waals surface area contributed by atoms with Crippen LogP contribution in [0.2, 0.25) is 0 Å². The van der Waals surface area contributed by atoms with Gasteiger partial charge in [0.15, 0.2) is 0 Å². The van der Waals surface area contributed by atoms with E-state index in [9.17, 15) is 4.79 Å². The van der Waals surface area contributed by atoms with Gasteiger partial charge in [0.25, 0.3) is 0 Å². The van der Waals surface area contributed by atoms with E-state index < -0.39 is 0 Å². The number of carbonyl (C=O) groups is 1. The van der Waals surface area contributed by atoms with Gasteiger partial charge in [-0.25, -0.2) is 0 Å². The molecule has 0 bridgehead atoms. The highest BCUT2D eigenvalue weighted by Crippen LogP contribution is 2.32. The molecule has 1 N–H and O–H groups in total. The fourth-order valence-electron chi connectivity index (χ4n) is 4.09. The van der Waals surface area contributed by atoms with Crippen LogP contribution in [0.15, 0.2) is 18.2 Å². The Hall–Kier alpha value is -1.35. The van der Waals surface area contributed by atoms with Crippen molar-refractivity contribution in [2.24, 2.45) is 11.8 Å². The van der Waals surface area contributed by atoms with Crippen molar-refractivity contribution in [3.63, 3.8) is 0 Å². The van der Waals surface area contributed by atoms with Crippen molar-refractivity contribution < 1.29 is 4.79 Å². The number of benzene rings is 1. The summed E-state index contributed by atoms with van der Waals surface area (Å²) in [6.07, 6.45) is 6.66.